The lowest BCUT2D eigenvalue weighted by atomic mass is 10.1. The van der Waals surface area contributed by atoms with Gasteiger partial charge >= 0.3 is 5.69 Å². The number of ether oxygens (including phenoxy) is 2. The van der Waals surface area contributed by atoms with Crippen LogP contribution in [0.4, 0.5) is 10.1 Å². The van der Waals surface area contributed by atoms with Gasteiger partial charge in [0, 0.05) is 31.9 Å². The summed E-state index contributed by atoms with van der Waals surface area (Å²) in [6.07, 6.45) is 0. The Morgan fingerprint density at radius 3 is 2.22 bits per heavy atom. The number of carbonyl (C=O) groups excluding carboxylic acids is 1. The van der Waals surface area contributed by atoms with E-state index in [-0.39, 0.29) is 11.5 Å². The largest absolute Gasteiger partial charge is 0.496 e. The van der Waals surface area contributed by atoms with E-state index in [2.05, 4.69) is 26.0 Å². The summed E-state index contributed by atoms with van der Waals surface area (Å²) in [6.45, 7) is 5.32. The lowest BCUT2D eigenvalue weighted by molar-refractivity contribution is 0.0736. The molecule has 0 aliphatic carbocycles. The molecule has 5 rings (SSSR count). The summed E-state index contributed by atoms with van der Waals surface area (Å²) in [5, 5.41) is 4.18. The molecule has 212 valence electrons. The minimum Gasteiger partial charge on any atom is -0.496 e. The normalized spacial score (nSPS) is 13.3. The molecule has 1 aliphatic rings. The summed E-state index contributed by atoms with van der Waals surface area (Å²) in [7, 11) is 1.58. The minimum atomic E-state index is -0.851. The molecule has 0 unspecified atom stereocenters. The first-order chi connectivity index (χ1) is 19.6. The summed E-state index contributed by atoms with van der Waals surface area (Å²) in [5.41, 5.74) is 0.669. The fourth-order valence-electron chi connectivity index (χ4n) is 4.72. The fourth-order valence-corrected chi connectivity index (χ4v) is 5.24. The average Bonchev–Trinajstić information content (AvgIpc) is 2.95. The van der Waals surface area contributed by atoms with E-state index in [1.165, 1.54) is 17.0 Å². The number of carbonyl (C=O) groups is 1. The van der Waals surface area contributed by atoms with Crippen molar-refractivity contribution in [2.24, 2.45) is 0 Å². The zero-order valence-electron chi connectivity index (χ0n) is 22.6. The quantitative estimate of drug-likeness (QED) is 0.343. The van der Waals surface area contributed by atoms with Crippen molar-refractivity contribution in [1.29, 1.82) is 0 Å². The molecule has 1 aromatic heterocycles. The summed E-state index contributed by atoms with van der Waals surface area (Å²) in [4.78, 5) is 44.5. The summed E-state index contributed by atoms with van der Waals surface area (Å²) in [6, 6.07) is 14.9. The highest BCUT2D eigenvalue weighted by Crippen LogP contribution is 2.34. The van der Waals surface area contributed by atoms with Gasteiger partial charge in [0.05, 0.1) is 17.3 Å². The Labute approximate surface area is 243 Å². The number of aromatic amines is 1. The zero-order valence-corrected chi connectivity index (χ0v) is 24.2. The number of aromatic nitrogens is 3. The number of hydrogen-bond acceptors (Lipinski definition) is 7. The topological polar surface area (TPSA) is 110 Å². The molecule has 1 N–H and O–H groups in total. The Morgan fingerprint density at radius 2 is 1.61 bits per heavy atom. The molecule has 0 radical (unpaired) electrons. The molecule has 1 fully saturated rings. The van der Waals surface area contributed by atoms with Crippen molar-refractivity contribution < 1.29 is 18.7 Å². The Morgan fingerprint density at radius 1 is 0.951 bits per heavy atom. The van der Waals surface area contributed by atoms with Crippen molar-refractivity contribution in [3.8, 4) is 22.9 Å². The smallest absolute Gasteiger partial charge is 0.349 e. The van der Waals surface area contributed by atoms with Crippen LogP contribution in [-0.2, 0) is 0 Å². The van der Waals surface area contributed by atoms with Crippen LogP contribution in [0.25, 0.3) is 5.69 Å². The lowest BCUT2D eigenvalue weighted by Gasteiger charge is -2.35. The Balaban J connectivity index is 1.37. The van der Waals surface area contributed by atoms with E-state index in [1.54, 1.807) is 49.6 Å². The second-order valence-corrected chi connectivity index (χ2v) is 10.4. The van der Waals surface area contributed by atoms with Crippen LogP contribution in [-0.4, -0.2) is 58.9 Å². The molecule has 2 heterocycles. The highest BCUT2D eigenvalue weighted by molar-refractivity contribution is 9.10. The minimum absolute atomic E-state index is 0.318. The van der Waals surface area contributed by atoms with Crippen LogP contribution in [0.1, 0.15) is 21.6 Å². The van der Waals surface area contributed by atoms with Gasteiger partial charge in [-0.1, -0.05) is 0 Å². The summed E-state index contributed by atoms with van der Waals surface area (Å²) >= 11 is 3.45. The SMILES string of the molecule is COc1ccc(Oc2c(C)cc(-n3nc(C(=O)N4CCN(c5ccc(F)cc5)CC4)c(=O)[nH]c3=O)cc2C)cc1Br. The fraction of sp³-hybridized carbons (Fsp3) is 0.241. The van der Waals surface area contributed by atoms with Crippen molar-refractivity contribution in [3.05, 3.63) is 103 Å². The Bertz CT molecular complexity index is 1710. The maximum Gasteiger partial charge on any atom is 0.349 e. The molecule has 1 amide bonds. The molecule has 0 atom stereocenters. The van der Waals surface area contributed by atoms with Gasteiger partial charge in [0.1, 0.15) is 23.1 Å². The number of aryl methyl sites for hydroxylation is 2. The molecule has 4 aromatic rings. The molecule has 0 spiro atoms. The summed E-state index contributed by atoms with van der Waals surface area (Å²) in [5.74, 6) is 0.963. The highest BCUT2D eigenvalue weighted by atomic mass is 79.9. The molecular weight excluding hydrogens is 597 g/mol. The number of amides is 1. The van der Waals surface area contributed by atoms with E-state index in [0.717, 1.165) is 26.0 Å². The molecule has 3 aromatic carbocycles. The Hall–Kier alpha value is -4.45. The van der Waals surface area contributed by atoms with E-state index >= 15 is 0 Å². The predicted octanol–water partition coefficient (Wildman–Crippen LogP) is 4.20. The first kappa shape index (κ1) is 28.1. The van der Waals surface area contributed by atoms with Gasteiger partial charge in [0.2, 0.25) is 5.69 Å². The number of H-pyrrole nitrogens is 1. The number of piperazine rings is 1. The van der Waals surface area contributed by atoms with E-state index in [1.807, 2.05) is 18.7 Å². The van der Waals surface area contributed by atoms with Crippen LogP contribution in [0.3, 0.4) is 0 Å². The highest BCUT2D eigenvalue weighted by Gasteiger charge is 2.26. The third-order valence-electron chi connectivity index (χ3n) is 6.82. The molecule has 0 bridgehead atoms. The van der Waals surface area contributed by atoms with Crippen LogP contribution in [0, 0.1) is 19.7 Å². The van der Waals surface area contributed by atoms with Crippen LogP contribution < -0.4 is 25.6 Å². The summed E-state index contributed by atoms with van der Waals surface area (Å²) < 4.78 is 26.4. The third-order valence-corrected chi connectivity index (χ3v) is 7.44. The van der Waals surface area contributed by atoms with Gasteiger partial charge in [0.25, 0.3) is 11.5 Å². The van der Waals surface area contributed by atoms with Crippen molar-refractivity contribution >= 4 is 27.5 Å². The maximum atomic E-state index is 13.3. The number of hydrogen-bond donors (Lipinski definition) is 1. The Kier molecular flexibility index (Phi) is 7.93. The predicted molar refractivity (Wildman–Crippen MR) is 155 cm³/mol. The number of benzene rings is 3. The number of methoxy groups -OCH3 is 1. The van der Waals surface area contributed by atoms with Crippen molar-refractivity contribution in [2.45, 2.75) is 13.8 Å². The van der Waals surface area contributed by atoms with E-state index in [0.29, 0.717) is 49.1 Å². The van der Waals surface area contributed by atoms with Crippen LogP contribution >= 0.6 is 15.9 Å². The third kappa shape index (κ3) is 5.87. The van der Waals surface area contributed by atoms with Crippen LogP contribution in [0.2, 0.25) is 0 Å². The van der Waals surface area contributed by atoms with Gasteiger partial charge in [-0.05, 0) is 95.5 Å². The van der Waals surface area contributed by atoms with Crippen LogP contribution in [0.15, 0.2) is 68.7 Å². The van der Waals surface area contributed by atoms with Crippen molar-refractivity contribution in [2.75, 3.05) is 38.2 Å². The van der Waals surface area contributed by atoms with Gasteiger partial charge in [-0.2, -0.15) is 9.78 Å². The van der Waals surface area contributed by atoms with Gasteiger partial charge in [-0.25, -0.2) is 9.18 Å². The second-order valence-electron chi connectivity index (χ2n) is 9.58. The van der Waals surface area contributed by atoms with Crippen LogP contribution in [0.5, 0.6) is 17.2 Å². The average molecular weight is 624 g/mol. The van der Waals surface area contributed by atoms with Gasteiger partial charge in [-0.15, -0.1) is 0 Å². The van der Waals surface area contributed by atoms with Crippen molar-refractivity contribution in [1.82, 2.24) is 19.7 Å². The maximum absolute atomic E-state index is 13.3. The van der Waals surface area contributed by atoms with Gasteiger partial charge < -0.3 is 19.3 Å². The molecule has 0 saturated carbocycles. The van der Waals surface area contributed by atoms with E-state index in [4.69, 9.17) is 9.47 Å². The van der Waals surface area contributed by atoms with Crippen molar-refractivity contribution in [3.63, 3.8) is 0 Å². The zero-order chi connectivity index (χ0) is 29.3. The van der Waals surface area contributed by atoms with Gasteiger partial charge in [-0.3, -0.25) is 14.6 Å². The molecule has 41 heavy (non-hydrogen) atoms. The first-order valence-corrected chi connectivity index (χ1v) is 13.6. The number of anilines is 1. The number of rotatable bonds is 6. The molecule has 10 nitrogen and oxygen atoms in total. The van der Waals surface area contributed by atoms with E-state index in [9.17, 15) is 18.8 Å². The standard InChI is InChI=1S/C29H27BrFN5O5/c1-17-14-21(15-18(2)26(17)41-22-8-9-24(40-3)23(30)16-22)36-29(39)32-27(37)25(33-36)28(38)35-12-10-34(11-13-35)20-6-4-19(31)5-7-20/h4-9,14-16H,10-13H2,1-3H3,(H,32,37,39). The first-order valence-electron chi connectivity index (χ1n) is 12.8. The lowest BCUT2D eigenvalue weighted by Crippen LogP contribution is -2.50. The van der Waals surface area contributed by atoms with E-state index < -0.39 is 17.2 Å². The number of nitrogens with zero attached hydrogens (tertiary/aromatic N) is 4. The monoisotopic (exact) mass is 623 g/mol. The number of nitrogens with one attached hydrogen (secondary N) is 1. The molecular formula is C29H27BrFN5O5. The molecule has 1 saturated heterocycles. The molecule has 12 heteroatoms. The molecule has 1 aliphatic heterocycles. The second kappa shape index (κ2) is 11.6. The number of halogens is 2. The van der Waals surface area contributed by atoms with Gasteiger partial charge in [0.15, 0.2) is 0 Å².